The van der Waals surface area contributed by atoms with Crippen molar-refractivity contribution >= 4 is 11.9 Å². The molecule has 0 aliphatic carbocycles. The molecule has 0 fully saturated rings. The van der Waals surface area contributed by atoms with E-state index in [0.717, 1.165) is 11.3 Å². The van der Waals surface area contributed by atoms with Crippen LogP contribution < -0.4 is 10.1 Å². The molecular weight excluding hydrogens is 282 g/mol. The molecule has 5 heteroatoms. The molecule has 0 aliphatic rings. The zero-order valence-corrected chi connectivity index (χ0v) is 12.2. The van der Waals surface area contributed by atoms with Crippen LogP contribution >= 0.6 is 0 Å². The van der Waals surface area contributed by atoms with Crippen molar-refractivity contribution in [2.24, 2.45) is 0 Å². The van der Waals surface area contributed by atoms with Gasteiger partial charge in [-0.3, -0.25) is 9.59 Å². The zero-order chi connectivity index (χ0) is 15.8. The van der Waals surface area contributed by atoms with Gasteiger partial charge in [-0.05, 0) is 29.8 Å². The molecule has 22 heavy (non-hydrogen) atoms. The van der Waals surface area contributed by atoms with E-state index >= 15 is 0 Å². The summed E-state index contributed by atoms with van der Waals surface area (Å²) in [5.41, 5.74) is 1.43. The van der Waals surface area contributed by atoms with Crippen LogP contribution in [0.3, 0.4) is 0 Å². The smallest absolute Gasteiger partial charge is 0.325 e. The van der Waals surface area contributed by atoms with Crippen LogP contribution in [0.4, 0.5) is 0 Å². The number of methoxy groups -OCH3 is 1. The number of rotatable bonds is 6. The average Bonchev–Trinajstić information content (AvgIpc) is 2.59. The quantitative estimate of drug-likeness (QED) is 0.830. The highest BCUT2D eigenvalue weighted by molar-refractivity contribution is 5.95. The van der Waals surface area contributed by atoms with Crippen molar-refractivity contribution in [1.29, 1.82) is 0 Å². The van der Waals surface area contributed by atoms with Crippen molar-refractivity contribution in [3.05, 3.63) is 65.7 Å². The van der Waals surface area contributed by atoms with Crippen molar-refractivity contribution in [2.45, 2.75) is 6.61 Å². The van der Waals surface area contributed by atoms with Crippen molar-refractivity contribution in [3.8, 4) is 5.75 Å². The fourth-order valence-corrected chi connectivity index (χ4v) is 1.76. The molecule has 0 radical (unpaired) electrons. The maximum absolute atomic E-state index is 11.8. The van der Waals surface area contributed by atoms with Crippen LogP contribution in [-0.2, 0) is 16.1 Å². The van der Waals surface area contributed by atoms with Gasteiger partial charge in [0.05, 0.1) is 7.11 Å². The minimum absolute atomic E-state index is 0.145. The molecule has 0 unspecified atom stereocenters. The summed E-state index contributed by atoms with van der Waals surface area (Å²) in [5, 5.41) is 2.48. The standard InChI is InChI=1S/C17H17NO4/c1-21-16(19)11-18-17(20)14-9-7-13(8-10-14)12-22-15-5-3-2-4-6-15/h2-10H,11-12H2,1H3,(H,18,20). The van der Waals surface area contributed by atoms with Crippen LogP contribution in [0.2, 0.25) is 0 Å². The molecule has 5 nitrogen and oxygen atoms in total. The van der Waals surface area contributed by atoms with E-state index in [1.165, 1.54) is 7.11 Å². The zero-order valence-electron chi connectivity index (χ0n) is 12.2. The lowest BCUT2D eigenvalue weighted by molar-refractivity contribution is -0.139. The summed E-state index contributed by atoms with van der Waals surface area (Å²) in [4.78, 5) is 22.8. The average molecular weight is 299 g/mol. The Balaban J connectivity index is 1.87. The van der Waals surface area contributed by atoms with Gasteiger partial charge < -0.3 is 14.8 Å². The van der Waals surface area contributed by atoms with Crippen LogP contribution in [0.5, 0.6) is 5.75 Å². The fourth-order valence-electron chi connectivity index (χ4n) is 1.76. The summed E-state index contributed by atoms with van der Waals surface area (Å²) in [6.07, 6.45) is 0. The number of hydrogen-bond donors (Lipinski definition) is 1. The first-order valence-corrected chi connectivity index (χ1v) is 6.81. The lowest BCUT2D eigenvalue weighted by Crippen LogP contribution is -2.30. The third kappa shape index (κ3) is 4.63. The van der Waals surface area contributed by atoms with Gasteiger partial charge >= 0.3 is 5.97 Å². The molecule has 2 aromatic rings. The minimum Gasteiger partial charge on any atom is -0.489 e. The van der Waals surface area contributed by atoms with Gasteiger partial charge in [0.25, 0.3) is 5.91 Å². The van der Waals surface area contributed by atoms with Crippen LogP contribution in [0.25, 0.3) is 0 Å². The number of carbonyl (C=O) groups is 2. The van der Waals surface area contributed by atoms with Crippen molar-refractivity contribution in [3.63, 3.8) is 0 Å². The van der Waals surface area contributed by atoms with Gasteiger partial charge in [-0.1, -0.05) is 30.3 Å². The number of benzene rings is 2. The van der Waals surface area contributed by atoms with Crippen LogP contribution in [-0.4, -0.2) is 25.5 Å². The first kappa shape index (κ1) is 15.6. The highest BCUT2D eigenvalue weighted by Gasteiger charge is 2.07. The third-order valence-corrected chi connectivity index (χ3v) is 2.99. The second-order valence-electron chi connectivity index (χ2n) is 4.56. The maximum Gasteiger partial charge on any atom is 0.325 e. The lowest BCUT2D eigenvalue weighted by Gasteiger charge is -2.07. The van der Waals surface area contributed by atoms with Crippen LogP contribution in [0, 0.1) is 0 Å². The largest absolute Gasteiger partial charge is 0.489 e. The number of nitrogens with one attached hydrogen (secondary N) is 1. The molecule has 2 aromatic carbocycles. The molecule has 1 amide bonds. The van der Waals surface area contributed by atoms with Crippen molar-refractivity contribution in [1.82, 2.24) is 5.32 Å². The molecule has 1 N–H and O–H groups in total. The summed E-state index contributed by atoms with van der Waals surface area (Å²) < 4.78 is 10.1. The Kier molecular flexibility index (Phi) is 5.54. The Morgan fingerprint density at radius 3 is 2.32 bits per heavy atom. The van der Waals surface area contributed by atoms with Gasteiger partial charge in [0.15, 0.2) is 0 Å². The molecule has 0 heterocycles. The minimum atomic E-state index is -0.485. The van der Waals surface area contributed by atoms with E-state index in [0.29, 0.717) is 12.2 Å². The summed E-state index contributed by atoms with van der Waals surface area (Å²) in [7, 11) is 1.27. The third-order valence-electron chi connectivity index (χ3n) is 2.99. The molecule has 0 bridgehead atoms. The number of hydrogen-bond acceptors (Lipinski definition) is 4. The Hall–Kier alpha value is -2.82. The highest BCUT2D eigenvalue weighted by atomic mass is 16.5. The summed E-state index contributed by atoms with van der Waals surface area (Å²) in [6.45, 7) is 0.280. The molecule has 0 saturated heterocycles. The highest BCUT2D eigenvalue weighted by Crippen LogP contribution is 2.12. The van der Waals surface area contributed by atoms with E-state index in [9.17, 15) is 9.59 Å². The van der Waals surface area contributed by atoms with E-state index in [-0.39, 0.29) is 12.5 Å². The molecule has 0 atom stereocenters. The van der Waals surface area contributed by atoms with Crippen molar-refractivity contribution in [2.75, 3.05) is 13.7 Å². The Morgan fingerprint density at radius 1 is 1.00 bits per heavy atom. The number of esters is 1. The first-order chi connectivity index (χ1) is 10.7. The monoisotopic (exact) mass is 299 g/mol. The molecule has 0 spiro atoms. The fraction of sp³-hybridized carbons (Fsp3) is 0.176. The van der Waals surface area contributed by atoms with Gasteiger partial charge in [-0.25, -0.2) is 0 Å². The van der Waals surface area contributed by atoms with E-state index < -0.39 is 5.97 Å². The second-order valence-corrected chi connectivity index (χ2v) is 4.56. The molecule has 0 aliphatic heterocycles. The number of ether oxygens (including phenoxy) is 2. The molecule has 114 valence electrons. The molecule has 0 aromatic heterocycles. The van der Waals surface area contributed by atoms with E-state index in [2.05, 4.69) is 10.1 Å². The SMILES string of the molecule is COC(=O)CNC(=O)c1ccc(COc2ccccc2)cc1. The van der Waals surface area contributed by atoms with Gasteiger partial charge in [0, 0.05) is 5.56 Å². The molecule has 0 saturated carbocycles. The number of para-hydroxylation sites is 1. The van der Waals surface area contributed by atoms with Crippen LogP contribution in [0.15, 0.2) is 54.6 Å². The van der Waals surface area contributed by atoms with E-state index in [1.54, 1.807) is 12.1 Å². The topological polar surface area (TPSA) is 64.6 Å². The molecule has 2 rings (SSSR count). The molecular formula is C17H17NO4. The first-order valence-electron chi connectivity index (χ1n) is 6.81. The normalized spacial score (nSPS) is 9.86. The summed E-state index contributed by atoms with van der Waals surface area (Å²) >= 11 is 0. The number of carbonyl (C=O) groups excluding carboxylic acids is 2. The van der Waals surface area contributed by atoms with Crippen molar-refractivity contribution < 1.29 is 19.1 Å². The van der Waals surface area contributed by atoms with E-state index in [1.807, 2.05) is 42.5 Å². The van der Waals surface area contributed by atoms with Crippen LogP contribution in [0.1, 0.15) is 15.9 Å². The van der Waals surface area contributed by atoms with Gasteiger partial charge in [0.2, 0.25) is 0 Å². The Bertz CT molecular complexity index is 623. The van der Waals surface area contributed by atoms with Gasteiger partial charge in [-0.15, -0.1) is 0 Å². The second kappa shape index (κ2) is 7.83. The summed E-state index contributed by atoms with van der Waals surface area (Å²) in [6, 6.07) is 16.5. The number of amides is 1. The van der Waals surface area contributed by atoms with Gasteiger partial charge in [-0.2, -0.15) is 0 Å². The van der Waals surface area contributed by atoms with Gasteiger partial charge in [0.1, 0.15) is 18.9 Å². The Labute approximate surface area is 128 Å². The maximum atomic E-state index is 11.8. The predicted octanol–water partition coefficient (Wildman–Crippen LogP) is 2.17. The predicted molar refractivity (Wildman–Crippen MR) is 81.6 cm³/mol. The summed E-state index contributed by atoms with van der Waals surface area (Å²) in [5.74, 6) is -0.00967. The van der Waals surface area contributed by atoms with E-state index in [4.69, 9.17) is 4.74 Å². The Morgan fingerprint density at radius 2 is 1.68 bits per heavy atom. The lowest BCUT2D eigenvalue weighted by atomic mass is 10.1.